The molecule has 0 aliphatic carbocycles. The molecule has 0 unspecified atom stereocenters. The fourth-order valence-corrected chi connectivity index (χ4v) is 16.1. The van der Waals surface area contributed by atoms with Gasteiger partial charge in [-0.1, -0.05) is 148 Å². The van der Waals surface area contributed by atoms with E-state index in [1.165, 1.54) is 0 Å². The summed E-state index contributed by atoms with van der Waals surface area (Å²) in [6, 6.07) is 0. The van der Waals surface area contributed by atoms with Crippen LogP contribution in [0.2, 0.25) is 0 Å². The zero-order valence-electron chi connectivity index (χ0n) is 25.2. The van der Waals surface area contributed by atoms with Gasteiger partial charge in [0.15, 0.2) is 0 Å². The Hall–Kier alpha value is 2.20. The van der Waals surface area contributed by atoms with Crippen molar-refractivity contribution in [2.45, 2.75) is 176 Å². The van der Waals surface area contributed by atoms with Crippen LogP contribution in [0.3, 0.4) is 0 Å². The van der Waals surface area contributed by atoms with Crippen LogP contribution in [0.15, 0.2) is 0 Å². The van der Waals surface area contributed by atoms with Crippen molar-refractivity contribution in [3.8, 4) is 0 Å². The van der Waals surface area contributed by atoms with Gasteiger partial charge >= 0.3 is 27.0 Å². The standard InChI is InChI=1S/3C9H21P.ClH.Rh/c3*1-7(2)10(8(3)4)9(5)6;;/h3*7-9H,1-6H3;1H;/q;;;;+1/p-1. The molecule has 0 fully saturated rings. The van der Waals surface area contributed by atoms with E-state index in [-0.39, 0.29) is 23.8 Å². The second-order valence-electron chi connectivity index (χ2n) is 11.2. The molecule has 202 valence electrons. The average Bonchev–Trinajstić information content (AvgIpc) is 2.53. The summed E-state index contributed by atoms with van der Waals surface area (Å²) in [7, 11) is 5.32. The van der Waals surface area contributed by atoms with Crippen molar-refractivity contribution >= 4 is 33.5 Å². The summed E-state index contributed by atoms with van der Waals surface area (Å²) < 4.78 is 0. The van der Waals surface area contributed by atoms with Crippen molar-refractivity contribution in [1.29, 1.82) is 0 Å². The third-order valence-electron chi connectivity index (χ3n) is 5.37. The molecule has 5 heteroatoms. The quantitative estimate of drug-likeness (QED) is 0.178. The topological polar surface area (TPSA) is 0 Å². The molecule has 0 aromatic carbocycles. The van der Waals surface area contributed by atoms with Gasteiger partial charge in [0.1, 0.15) is 0 Å². The Morgan fingerprint density at radius 3 is 0.344 bits per heavy atom. The summed E-state index contributed by atoms with van der Waals surface area (Å²) in [6.45, 7) is 42.4. The monoisotopic (exact) mass is 618 g/mol. The summed E-state index contributed by atoms with van der Waals surface area (Å²) >= 11 is 2.02. The Bertz CT molecular complexity index is 267. The summed E-state index contributed by atoms with van der Waals surface area (Å²) in [5, 5.41) is 0. The Morgan fingerprint density at radius 2 is 0.344 bits per heavy atom. The fourth-order valence-electron chi connectivity index (χ4n) is 5.37. The normalized spacial score (nSPS) is 12.0. The van der Waals surface area contributed by atoms with Crippen LogP contribution in [0.1, 0.15) is 125 Å². The van der Waals surface area contributed by atoms with Gasteiger partial charge in [-0.3, -0.25) is 0 Å². The fraction of sp³-hybridized carbons (Fsp3) is 1.00. The van der Waals surface area contributed by atoms with Crippen molar-refractivity contribution < 1.29 is 17.3 Å². The first kappa shape index (κ1) is 41.3. The van der Waals surface area contributed by atoms with E-state index < -0.39 is 0 Å². The van der Waals surface area contributed by atoms with Crippen molar-refractivity contribution in [1.82, 2.24) is 0 Å². The van der Waals surface area contributed by atoms with E-state index in [1.54, 1.807) is 0 Å². The minimum atomic E-state index is 0.262. The molecule has 0 saturated carbocycles. The van der Waals surface area contributed by atoms with Gasteiger partial charge in [-0.15, -0.1) is 0 Å². The van der Waals surface area contributed by atoms with Gasteiger partial charge in [-0.2, -0.15) is 0 Å². The van der Waals surface area contributed by atoms with Gasteiger partial charge in [-0.05, 0) is 50.9 Å². The van der Waals surface area contributed by atoms with Gasteiger partial charge in [0.05, 0.1) is 0 Å². The van der Waals surface area contributed by atoms with Crippen LogP contribution in [0.25, 0.3) is 0 Å². The van der Waals surface area contributed by atoms with E-state index in [0.717, 1.165) is 50.9 Å². The number of hydrogen-bond donors (Lipinski definition) is 0. The molecule has 0 atom stereocenters. The number of hydrogen-bond acceptors (Lipinski definition) is 0. The molecular weight excluding hydrogens is 556 g/mol. The van der Waals surface area contributed by atoms with Gasteiger partial charge < -0.3 is 0 Å². The van der Waals surface area contributed by atoms with Gasteiger partial charge in [0.2, 0.25) is 0 Å². The molecular formula is C27H63ClP3Rh. The third kappa shape index (κ3) is 21.5. The molecule has 0 amide bonds. The molecule has 0 aliphatic rings. The zero-order chi connectivity index (χ0) is 26.9. The second-order valence-corrected chi connectivity index (χ2v) is 23.2. The van der Waals surface area contributed by atoms with Crippen LogP contribution in [0.4, 0.5) is 0 Å². The molecule has 0 saturated heterocycles. The summed E-state index contributed by atoms with van der Waals surface area (Å²) in [5.74, 6) is 0. The van der Waals surface area contributed by atoms with Crippen LogP contribution >= 0.6 is 33.5 Å². The SMILES string of the molecule is CC(C)P(C(C)C)C(C)C.CC(C)P(C(C)C)C(C)C.CC(C)P(C(C)C)C(C)C.[Cl][Rh]. The Morgan fingerprint density at radius 1 is 0.281 bits per heavy atom. The first-order valence-electron chi connectivity index (χ1n) is 12.8. The molecule has 0 heterocycles. The minimum absolute atomic E-state index is 0.262. The molecule has 0 spiro atoms. The van der Waals surface area contributed by atoms with Crippen molar-refractivity contribution in [2.24, 2.45) is 0 Å². The van der Waals surface area contributed by atoms with Gasteiger partial charge in [0.25, 0.3) is 0 Å². The van der Waals surface area contributed by atoms with E-state index >= 15 is 0 Å². The second kappa shape index (κ2) is 23.6. The summed E-state index contributed by atoms with van der Waals surface area (Å²) in [4.78, 5) is 0. The predicted octanol–water partition coefficient (Wildman–Crippen LogP) is 11.8. The number of halogens is 1. The van der Waals surface area contributed by atoms with E-state index in [2.05, 4.69) is 134 Å². The van der Waals surface area contributed by atoms with E-state index in [4.69, 9.17) is 0 Å². The zero-order valence-corrected chi connectivity index (χ0v) is 30.3. The van der Waals surface area contributed by atoms with Crippen LogP contribution < -0.4 is 0 Å². The van der Waals surface area contributed by atoms with Crippen LogP contribution in [-0.4, -0.2) is 50.9 Å². The average molecular weight is 619 g/mol. The molecule has 0 rings (SSSR count). The Labute approximate surface area is 225 Å². The third-order valence-corrected chi connectivity index (χ3v) is 16.1. The van der Waals surface area contributed by atoms with E-state index in [9.17, 15) is 0 Å². The van der Waals surface area contributed by atoms with Gasteiger partial charge in [0, 0.05) is 0 Å². The Balaban J connectivity index is -0.000000176. The summed E-state index contributed by atoms with van der Waals surface area (Å²) in [6.07, 6.45) is 0. The summed E-state index contributed by atoms with van der Waals surface area (Å²) in [5.41, 5.74) is 8.08. The van der Waals surface area contributed by atoms with Gasteiger partial charge in [-0.25, -0.2) is 0 Å². The van der Waals surface area contributed by atoms with Crippen LogP contribution in [-0.2, 0) is 17.3 Å². The van der Waals surface area contributed by atoms with Crippen LogP contribution in [0.5, 0.6) is 0 Å². The molecule has 0 aliphatic heterocycles. The number of rotatable bonds is 9. The van der Waals surface area contributed by atoms with Crippen LogP contribution in [0, 0.1) is 0 Å². The van der Waals surface area contributed by atoms with Crippen molar-refractivity contribution in [3.63, 3.8) is 0 Å². The molecule has 0 bridgehead atoms. The molecule has 0 nitrogen and oxygen atoms in total. The molecule has 0 N–H and O–H groups in total. The maximum absolute atomic E-state index is 4.53. The first-order valence-corrected chi connectivity index (χ1v) is 19.6. The van der Waals surface area contributed by atoms with Crippen molar-refractivity contribution in [3.05, 3.63) is 0 Å². The molecule has 0 radical (unpaired) electrons. The van der Waals surface area contributed by atoms with E-state index in [0.29, 0.717) is 0 Å². The molecule has 32 heavy (non-hydrogen) atoms. The van der Waals surface area contributed by atoms with E-state index in [1.807, 2.05) is 17.3 Å². The first-order chi connectivity index (χ1) is 14.4. The Kier molecular flexibility index (Phi) is 30.5. The predicted molar refractivity (Wildman–Crippen MR) is 163 cm³/mol. The molecule has 0 aromatic heterocycles. The molecule has 0 aromatic rings. The van der Waals surface area contributed by atoms with Crippen molar-refractivity contribution in [2.75, 3.05) is 0 Å². The maximum atomic E-state index is 4.53.